The third-order valence-corrected chi connectivity index (χ3v) is 5.49. The van der Waals surface area contributed by atoms with Gasteiger partial charge in [0.05, 0.1) is 23.1 Å². The number of hydrogen-bond acceptors (Lipinski definition) is 8. The van der Waals surface area contributed by atoms with Crippen molar-refractivity contribution >= 4 is 35.1 Å². The molecule has 1 aliphatic heterocycles. The molecule has 0 aromatic carbocycles. The smallest absolute Gasteiger partial charge is 0.154 e. The second-order valence-corrected chi connectivity index (χ2v) is 8.45. The van der Waals surface area contributed by atoms with E-state index in [2.05, 4.69) is 51.3 Å². The van der Waals surface area contributed by atoms with E-state index in [1.165, 1.54) is 6.21 Å². The van der Waals surface area contributed by atoms with E-state index in [0.717, 1.165) is 41.8 Å². The Bertz CT molecular complexity index is 1090. The molecule has 0 radical (unpaired) electrons. The van der Waals surface area contributed by atoms with E-state index in [0.29, 0.717) is 23.5 Å². The fourth-order valence-corrected chi connectivity index (χ4v) is 3.66. The van der Waals surface area contributed by atoms with Crippen LogP contribution in [0.2, 0.25) is 0 Å². The predicted molar refractivity (Wildman–Crippen MR) is 125 cm³/mol. The van der Waals surface area contributed by atoms with Gasteiger partial charge < -0.3 is 15.6 Å². The second kappa shape index (κ2) is 9.26. The first kappa shape index (κ1) is 21.0. The topological polar surface area (TPSA) is 103 Å². The molecule has 2 N–H and O–H groups in total. The SMILES string of the molecule is CC(C)c1cnnc(Nc2ccc3ncc(C(C=N)C=NCC4CN(C)C4)cc3n2)c1. The summed E-state index contributed by atoms with van der Waals surface area (Å²) in [7, 11) is 2.12. The van der Waals surface area contributed by atoms with Gasteiger partial charge in [-0.3, -0.25) is 9.98 Å². The van der Waals surface area contributed by atoms with Crippen molar-refractivity contribution in [3.8, 4) is 0 Å². The maximum atomic E-state index is 7.83. The molecule has 1 fully saturated rings. The Morgan fingerprint density at radius 2 is 2.00 bits per heavy atom. The Morgan fingerprint density at radius 3 is 2.74 bits per heavy atom. The Labute approximate surface area is 182 Å². The molecule has 0 aliphatic carbocycles. The number of aliphatic imine (C=N–C) groups is 1. The molecule has 0 amide bonds. The molecule has 4 heterocycles. The summed E-state index contributed by atoms with van der Waals surface area (Å²) in [6, 6.07) is 7.76. The standard InChI is InChI=1S/C23H28N8/c1-15(2)17-7-23(30-27-12-17)29-22-5-4-20-21(28-22)6-18(11-26-20)19(8-24)10-25-9-16-13-31(3)14-16/h4-8,10-12,15-16,19,24H,9,13-14H2,1-3H3,(H,28,29,30). The monoisotopic (exact) mass is 416 g/mol. The highest BCUT2D eigenvalue weighted by Gasteiger charge is 2.22. The summed E-state index contributed by atoms with van der Waals surface area (Å²) in [5, 5.41) is 19.3. The van der Waals surface area contributed by atoms with E-state index in [9.17, 15) is 0 Å². The molecular weight excluding hydrogens is 388 g/mol. The third-order valence-electron chi connectivity index (χ3n) is 5.49. The maximum Gasteiger partial charge on any atom is 0.154 e. The number of nitrogens with zero attached hydrogens (tertiary/aromatic N) is 6. The van der Waals surface area contributed by atoms with Gasteiger partial charge in [-0.25, -0.2) is 4.98 Å². The Balaban J connectivity index is 1.51. The van der Waals surface area contributed by atoms with E-state index in [4.69, 9.17) is 10.4 Å². The lowest BCUT2D eigenvalue weighted by Gasteiger charge is -2.35. The number of likely N-dealkylation sites (tertiary alicyclic amines) is 1. The molecule has 1 aliphatic rings. The van der Waals surface area contributed by atoms with Crippen LogP contribution in [-0.4, -0.2) is 64.2 Å². The Kier molecular flexibility index (Phi) is 6.27. The molecule has 8 heteroatoms. The fourth-order valence-electron chi connectivity index (χ4n) is 3.66. The van der Waals surface area contributed by atoms with E-state index in [1.807, 2.05) is 30.5 Å². The first-order valence-electron chi connectivity index (χ1n) is 10.6. The number of anilines is 2. The molecule has 0 saturated carbocycles. The average molecular weight is 417 g/mol. The highest BCUT2D eigenvalue weighted by molar-refractivity contribution is 5.90. The summed E-state index contributed by atoms with van der Waals surface area (Å²) in [6.07, 6.45) is 6.83. The van der Waals surface area contributed by atoms with Gasteiger partial charge in [-0.15, -0.1) is 5.10 Å². The maximum absolute atomic E-state index is 7.83. The van der Waals surface area contributed by atoms with Crippen molar-refractivity contribution in [1.29, 1.82) is 5.41 Å². The van der Waals surface area contributed by atoms with Gasteiger partial charge in [-0.2, -0.15) is 5.10 Å². The minimum atomic E-state index is -0.207. The molecular formula is C23H28N8. The van der Waals surface area contributed by atoms with Crippen LogP contribution in [0.15, 0.2) is 41.7 Å². The van der Waals surface area contributed by atoms with E-state index in [1.54, 1.807) is 12.4 Å². The van der Waals surface area contributed by atoms with Crippen LogP contribution in [0.5, 0.6) is 0 Å². The van der Waals surface area contributed by atoms with Gasteiger partial charge in [-0.05, 0) is 48.4 Å². The minimum Gasteiger partial charge on any atom is -0.323 e. The van der Waals surface area contributed by atoms with Crippen molar-refractivity contribution in [3.05, 3.63) is 47.8 Å². The van der Waals surface area contributed by atoms with E-state index in [-0.39, 0.29) is 5.92 Å². The second-order valence-electron chi connectivity index (χ2n) is 8.45. The van der Waals surface area contributed by atoms with Crippen LogP contribution in [0, 0.1) is 11.3 Å². The van der Waals surface area contributed by atoms with Crippen molar-refractivity contribution in [2.75, 3.05) is 32.0 Å². The lowest BCUT2D eigenvalue weighted by molar-refractivity contribution is 0.141. The Hall–Kier alpha value is -3.26. The number of aromatic nitrogens is 4. The zero-order chi connectivity index (χ0) is 21.8. The van der Waals surface area contributed by atoms with Crippen molar-refractivity contribution < 1.29 is 0 Å². The zero-order valence-corrected chi connectivity index (χ0v) is 18.2. The van der Waals surface area contributed by atoms with Gasteiger partial charge in [0.2, 0.25) is 0 Å². The summed E-state index contributed by atoms with van der Waals surface area (Å²) < 4.78 is 0. The van der Waals surface area contributed by atoms with Gasteiger partial charge >= 0.3 is 0 Å². The number of hydrogen-bond donors (Lipinski definition) is 2. The van der Waals surface area contributed by atoms with Crippen molar-refractivity contribution in [2.24, 2.45) is 10.9 Å². The number of rotatable bonds is 8. The van der Waals surface area contributed by atoms with Crippen LogP contribution in [-0.2, 0) is 0 Å². The molecule has 3 aromatic heterocycles. The summed E-state index contributed by atoms with van der Waals surface area (Å²) in [4.78, 5) is 16.1. The highest BCUT2D eigenvalue weighted by Crippen LogP contribution is 2.22. The van der Waals surface area contributed by atoms with Gasteiger partial charge in [0, 0.05) is 44.2 Å². The molecule has 160 valence electrons. The van der Waals surface area contributed by atoms with Crippen LogP contribution in [0.25, 0.3) is 11.0 Å². The summed E-state index contributed by atoms with van der Waals surface area (Å²) in [5.74, 6) is 2.12. The Morgan fingerprint density at radius 1 is 1.16 bits per heavy atom. The van der Waals surface area contributed by atoms with Gasteiger partial charge in [0.15, 0.2) is 5.82 Å². The number of nitrogens with one attached hydrogen (secondary N) is 2. The van der Waals surface area contributed by atoms with E-state index >= 15 is 0 Å². The average Bonchev–Trinajstić information content (AvgIpc) is 2.75. The lowest BCUT2D eigenvalue weighted by atomic mass is 10.0. The predicted octanol–water partition coefficient (Wildman–Crippen LogP) is 3.65. The zero-order valence-electron chi connectivity index (χ0n) is 18.2. The minimum absolute atomic E-state index is 0.207. The van der Waals surface area contributed by atoms with Crippen LogP contribution in [0.4, 0.5) is 11.6 Å². The molecule has 0 bridgehead atoms. The van der Waals surface area contributed by atoms with Crippen LogP contribution in [0.3, 0.4) is 0 Å². The third kappa shape index (κ3) is 5.08. The number of pyridine rings is 2. The van der Waals surface area contributed by atoms with Crippen LogP contribution in [0.1, 0.15) is 36.8 Å². The van der Waals surface area contributed by atoms with Crippen LogP contribution >= 0.6 is 0 Å². The summed E-state index contributed by atoms with van der Waals surface area (Å²) in [5.41, 5.74) is 3.58. The summed E-state index contributed by atoms with van der Waals surface area (Å²) >= 11 is 0. The normalized spacial score (nSPS) is 16.0. The first-order chi connectivity index (χ1) is 15.0. The van der Waals surface area contributed by atoms with Gasteiger partial charge in [-0.1, -0.05) is 13.8 Å². The molecule has 0 spiro atoms. The summed E-state index contributed by atoms with van der Waals surface area (Å²) in [6.45, 7) is 7.23. The molecule has 3 aromatic rings. The van der Waals surface area contributed by atoms with Crippen LogP contribution < -0.4 is 5.32 Å². The molecule has 1 atom stereocenters. The fraction of sp³-hybridized carbons (Fsp3) is 0.391. The molecule has 1 saturated heterocycles. The first-order valence-corrected chi connectivity index (χ1v) is 10.6. The molecule has 31 heavy (non-hydrogen) atoms. The van der Waals surface area contributed by atoms with E-state index < -0.39 is 0 Å². The van der Waals surface area contributed by atoms with Crippen molar-refractivity contribution in [2.45, 2.75) is 25.7 Å². The largest absolute Gasteiger partial charge is 0.323 e. The number of fused-ring (bicyclic) bond motifs is 1. The van der Waals surface area contributed by atoms with Crippen molar-refractivity contribution in [1.82, 2.24) is 25.1 Å². The quantitative estimate of drug-likeness (QED) is 0.543. The molecule has 4 rings (SSSR count). The lowest BCUT2D eigenvalue weighted by Crippen LogP contribution is -2.45. The molecule has 8 nitrogen and oxygen atoms in total. The molecule has 1 unspecified atom stereocenters. The van der Waals surface area contributed by atoms with Gasteiger partial charge in [0.25, 0.3) is 0 Å². The van der Waals surface area contributed by atoms with Crippen molar-refractivity contribution in [3.63, 3.8) is 0 Å². The highest BCUT2D eigenvalue weighted by atomic mass is 15.2. The van der Waals surface area contributed by atoms with Gasteiger partial charge in [0.1, 0.15) is 5.82 Å².